The summed E-state index contributed by atoms with van der Waals surface area (Å²) in [5, 5.41) is 2.31. The lowest BCUT2D eigenvalue weighted by Crippen LogP contribution is -1.90. The second kappa shape index (κ2) is 3.44. The smallest absolute Gasteiger partial charge is 0.0716 e. The van der Waals surface area contributed by atoms with Gasteiger partial charge in [-0.1, -0.05) is 30.3 Å². The minimum absolute atomic E-state index is 0.780. The summed E-state index contributed by atoms with van der Waals surface area (Å²) in [4.78, 5) is 0. The average Bonchev–Trinajstić information content (AvgIpc) is 2.17. The first-order valence-corrected chi connectivity index (χ1v) is 4.55. The van der Waals surface area contributed by atoms with Crippen LogP contribution < -0.4 is 3.94 Å². The summed E-state index contributed by atoms with van der Waals surface area (Å²) in [5.74, 6) is 0. The van der Waals surface area contributed by atoms with E-state index in [1.165, 1.54) is 5.39 Å². The zero-order valence-corrected chi connectivity index (χ0v) is 8.26. The number of hydrogen-bond donors (Lipinski definition) is 0. The fourth-order valence-electron chi connectivity index (χ4n) is 1.28. The predicted molar refractivity (Wildman–Crippen MR) is 58.1 cm³/mol. The molecular formula is C10H7Cl2N. The number of fused-ring (bicyclic) bond motifs is 1. The van der Waals surface area contributed by atoms with Crippen LogP contribution in [0.25, 0.3) is 10.8 Å². The van der Waals surface area contributed by atoms with E-state index in [0.29, 0.717) is 0 Å². The molecule has 0 heterocycles. The van der Waals surface area contributed by atoms with Gasteiger partial charge in [0, 0.05) is 23.6 Å². The molecule has 2 rings (SSSR count). The molecular weight excluding hydrogens is 205 g/mol. The first-order valence-electron chi connectivity index (χ1n) is 3.88. The summed E-state index contributed by atoms with van der Waals surface area (Å²) in [6.45, 7) is 0. The lowest BCUT2D eigenvalue weighted by atomic mass is 10.1. The highest BCUT2D eigenvalue weighted by Crippen LogP contribution is 2.24. The highest BCUT2D eigenvalue weighted by molar-refractivity contribution is 6.49. The van der Waals surface area contributed by atoms with Gasteiger partial charge in [0.2, 0.25) is 0 Å². The third kappa shape index (κ3) is 1.71. The average molecular weight is 212 g/mol. The van der Waals surface area contributed by atoms with Crippen LogP contribution in [0.4, 0.5) is 5.69 Å². The lowest BCUT2D eigenvalue weighted by molar-refractivity contribution is 1.61. The molecule has 1 nitrogen and oxygen atoms in total. The van der Waals surface area contributed by atoms with E-state index in [2.05, 4.69) is 0 Å². The molecule has 0 aromatic heterocycles. The Labute approximate surface area is 86.7 Å². The van der Waals surface area contributed by atoms with Gasteiger partial charge in [-0.2, -0.15) is 3.94 Å². The molecule has 13 heavy (non-hydrogen) atoms. The molecule has 2 aromatic carbocycles. The van der Waals surface area contributed by atoms with Crippen molar-refractivity contribution in [1.82, 2.24) is 0 Å². The molecule has 0 saturated heterocycles. The van der Waals surface area contributed by atoms with Crippen LogP contribution in [0.15, 0.2) is 42.5 Å². The summed E-state index contributed by atoms with van der Waals surface area (Å²) in [7, 11) is 0. The maximum absolute atomic E-state index is 5.60. The van der Waals surface area contributed by atoms with Gasteiger partial charge in [-0.05, 0) is 22.9 Å². The summed E-state index contributed by atoms with van der Waals surface area (Å²) >= 11 is 11.2. The van der Waals surface area contributed by atoms with Crippen LogP contribution in [-0.4, -0.2) is 0 Å². The number of hydrogen-bond acceptors (Lipinski definition) is 1. The molecule has 0 N–H and O–H groups in total. The zero-order chi connectivity index (χ0) is 9.26. The van der Waals surface area contributed by atoms with Gasteiger partial charge in [0.25, 0.3) is 0 Å². The van der Waals surface area contributed by atoms with Crippen LogP contribution in [0.5, 0.6) is 0 Å². The molecule has 0 unspecified atom stereocenters. The third-order valence-corrected chi connectivity index (χ3v) is 2.32. The molecule has 0 aliphatic heterocycles. The topological polar surface area (TPSA) is 3.24 Å². The predicted octanol–water partition coefficient (Wildman–Crippen LogP) is 3.95. The van der Waals surface area contributed by atoms with E-state index in [1.807, 2.05) is 42.5 Å². The van der Waals surface area contributed by atoms with Crippen molar-refractivity contribution in [2.24, 2.45) is 0 Å². The number of nitrogens with zero attached hydrogens (tertiary/aromatic N) is 1. The van der Waals surface area contributed by atoms with Crippen molar-refractivity contribution < 1.29 is 0 Å². The van der Waals surface area contributed by atoms with Crippen LogP contribution in [0.3, 0.4) is 0 Å². The SMILES string of the molecule is ClN(Cl)c1ccc2ccccc2c1. The van der Waals surface area contributed by atoms with Crippen LogP contribution in [0, 0.1) is 0 Å². The Balaban J connectivity index is 2.62. The quantitative estimate of drug-likeness (QED) is 0.646. The maximum atomic E-state index is 5.60. The number of benzene rings is 2. The normalized spacial score (nSPS) is 10.3. The fraction of sp³-hybridized carbons (Fsp3) is 0. The Morgan fingerprint density at radius 1 is 0.846 bits per heavy atom. The molecule has 0 atom stereocenters. The molecule has 0 saturated carbocycles. The fourth-order valence-corrected chi connectivity index (χ4v) is 1.49. The highest BCUT2D eigenvalue weighted by Gasteiger charge is 1.99. The molecule has 66 valence electrons. The van der Waals surface area contributed by atoms with Gasteiger partial charge in [-0.25, -0.2) is 0 Å². The van der Waals surface area contributed by atoms with E-state index >= 15 is 0 Å². The molecule has 0 bridgehead atoms. The van der Waals surface area contributed by atoms with E-state index in [0.717, 1.165) is 15.0 Å². The first-order chi connectivity index (χ1) is 6.27. The lowest BCUT2D eigenvalue weighted by Gasteiger charge is -2.06. The highest BCUT2D eigenvalue weighted by atomic mass is 35.5. The summed E-state index contributed by atoms with van der Waals surface area (Å²) in [6, 6.07) is 13.9. The Morgan fingerprint density at radius 2 is 1.54 bits per heavy atom. The second-order valence-corrected chi connectivity index (χ2v) is 3.61. The van der Waals surface area contributed by atoms with Crippen LogP contribution in [-0.2, 0) is 0 Å². The molecule has 0 amide bonds. The Bertz CT molecular complexity index is 426. The van der Waals surface area contributed by atoms with Crippen molar-refractivity contribution >= 4 is 40.0 Å². The van der Waals surface area contributed by atoms with Gasteiger partial charge in [0.1, 0.15) is 0 Å². The van der Waals surface area contributed by atoms with E-state index in [4.69, 9.17) is 23.6 Å². The van der Waals surface area contributed by atoms with Crippen LogP contribution >= 0.6 is 23.6 Å². The maximum Gasteiger partial charge on any atom is 0.0716 e. The van der Waals surface area contributed by atoms with Gasteiger partial charge in [0.05, 0.1) is 5.69 Å². The van der Waals surface area contributed by atoms with Crippen molar-refractivity contribution in [3.05, 3.63) is 42.5 Å². The number of anilines is 1. The van der Waals surface area contributed by atoms with E-state index in [9.17, 15) is 0 Å². The number of halogens is 2. The monoisotopic (exact) mass is 211 g/mol. The summed E-state index contributed by atoms with van der Waals surface area (Å²) in [5.41, 5.74) is 0.780. The minimum Gasteiger partial charge on any atom is -0.194 e. The van der Waals surface area contributed by atoms with Crippen LogP contribution in [0.2, 0.25) is 0 Å². The zero-order valence-electron chi connectivity index (χ0n) is 6.74. The number of rotatable bonds is 1. The molecule has 0 aliphatic carbocycles. The summed E-state index contributed by atoms with van der Waals surface area (Å²) in [6.07, 6.45) is 0. The van der Waals surface area contributed by atoms with E-state index < -0.39 is 0 Å². The standard InChI is InChI=1S/C10H7Cl2N/c11-13(12)10-6-5-8-3-1-2-4-9(8)7-10/h1-7H. The van der Waals surface area contributed by atoms with E-state index in [-0.39, 0.29) is 0 Å². The van der Waals surface area contributed by atoms with Gasteiger partial charge >= 0.3 is 0 Å². The third-order valence-electron chi connectivity index (χ3n) is 1.93. The summed E-state index contributed by atoms with van der Waals surface area (Å²) < 4.78 is 1.06. The minimum atomic E-state index is 0.780. The van der Waals surface area contributed by atoms with Gasteiger partial charge < -0.3 is 0 Å². The van der Waals surface area contributed by atoms with Crippen molar-refractivity contribution in [1.29, 1.82) is 0 Å². The molecule has 0 spiro atoms. The van der Waals surface area contributed by atoms with Gasteiger partial charge in [-0.15, -0.1) is 0 Å². The molecule has 0 fully saturated rings. The van der Waals surface area contributed by atoms with Crippen molar-refractivity contribution in [2.45, 2.75) is 0 Å². The Kier molecular flexibility index (Phi) is 2.30. The van der Waals surface area contributed by atoms with Crippen molar-refractivity contribution in [3.8, 4) is 0 Å². The Morgan fingerprint density at radius 3 is 2.23 bits per heavy atom. The van der Waals surface area contributed by atoms with Gasteiger partial charge in [0.15, 0.2) is 0 Å². The van der Waals surface area contributed by atoms with Gasteiger partial charge in [-0.3, -0.25) is 0 Å². The molecule has 0 radical (unpaired) electrons. The van der Waals surface area contributed by atoms with Crippen molar-refractivity contribution in [3.63, 3.8) is 0 Å². The van der Waals surface area contributed by atoms with Crippen LogP contribution in [0.1, 0.15) is 0 Å². The largest absolute Gasteiger partial charge is 0.194 e. The van der Waals surface area contributed by atoms with E-state index in [1.54, 1.807) is 0 Å². The molecule has 0 aliphatic rings. The molecule has 2 aromatic rings. The Hall–Kier alpha value is -0.920. The second-order valence-electron chi connectivity index (χ2n) is 2.76. The van der Waals surface area contributed by atoms with Crippen molar-refractivity contribution in [2.75, 3.05) is 3.94 Å². The molecule has 3 heteroatoms. The first kappa shape index (κ1) is 8.67.